The highest BCUT2D eigenvalue weighted by Crippen LogP contribution is 2.32. The van der Waals surface area contributed by atoms with Gasteiger partial charge in [0, 0.05) is 25.7 Å². The third-order valence-electron chi connectivity index (χ3n) is 6.09. The molecule has 33 heavy (non-hydrogen) atoms. The van der Waals surface area contributed by atoms with Crippen molar-refractivity contribution >= 4 is 17.3 Å². The topological polar surface area (TPSA) is 111 Å². The van der Waals surface area contributed by atoms with E-state index in [2.05, 4.69) is 4.90 Å². The van der Waals surface area contributed by atoms with Gasteiger partial charge in [-0.2, -0.15) is 0 Å². The van der Waals surface area contributed by atoms with E-state index in [1.165, 1.54) is 0 Å². The van der Waals surface area contributed by atoms with Crippen LogP contribution in [0.4, 0.5) is 11.4 Å². The Morgan fingerprint density at radius 3 is 2.48 bits per heavy atom. The van der Waals surface area contributed by atoms with Crippen molar-refractivity contribution in [2.24, 2.45) is 0 Å². The van der Waals surface area contributed by atoms with E-state index >= 15 is 0 Å². The number of amides is 1. The van der Waals surface area contributed by atoms with Crippen molar-refractivity contribution < 1.29 is 19.2 Å². The fourth-order valence-corrected chi connectivity index (χ4v) is 4.12. The molecular weight excluding hydrogens is 424 g/mol. The maximum atomic E-state index is 12.8. The molecule has 3 rings (SSSR count). The number of nitro benzene ring substituents is 1. The molecule has 0 saturated carbocycles. The summed E-state index contributed by atoms with van der Waals surface area (Å²) in [6.07, 6.45) is 2.70. The van der Waals surface area contributed by atoms with Gasteiger partial charge in [0.15, 0.2) is 11.5 Å². The summed E-state index contributed by atoms with van der Waals surface area (Å²) in [5.41, 5.74) is 8.80. The van der Waals surface area contributed by atoms with Crippen LogP contribution >= 0.6 is 0 Å². The average molecular weight is 457 g/mol. The van der Waals surface area contributed by atoms with E-state index in [9.17, 15) is 14.9 Å². The van der Waals surface area contributed by atoms with Gasteiger partial charge in [0.1, 0.15) is 5.69 Å². The molecule has 9 nitrogen and oxygen atoms in total. The maximum Gasteiger partial charge on any atom is 0.292 e. The van der Waals surface area contributed by atoms with Crippen molar-refractivity contribution in [1.29, 1.82) is 0 Å². The Bertz CT molecular complexity index is 1010. The monoisotopic (exact) mass is 456 g/mol. The van der Waals surface area contributed by atoms with Gasteiger partial charge in [0.25, 0.3) is 5.69 Å². The molecule has 178 valence electrons. The quantitative estimate of drug-likeness (QED) is 0.332. The number of hydrogen-bond donors (Lipinski definition) is 1. The number of hydrogen-bond acceptors (Lipinski definition) is 7. The minimum atomic E-state index is -0.453. The zero-order valence-corrected chi connectivity index (χ0v) is 19.5. The molecule has 2 aromatic carbocycles. The number of nitrogen functional groups attached to an aromatic ring is 1. The summed E-state index contributed by atoms with van der Waals surface area (Å²) in [4.78, 5) is 27.5. The summed E-state index contributed by atoms with van der Waals surface area (Å²) in [6, 6.07) is 8.83. The molecule has 0 atom stereocenters. The van der Waals surface area contributed by atoms with Crippen LogP contribution in [0, 0.1) is 10.1 Å². The Morgan fingerprint density at radius 2 is 1.82 bits per heavy atom. The van der Waals surface area contributed by atoms with E-state index in [-0.39, 0.29) is 17.3 Å². The summed E-state index contributed by atoms with van der Waals surface area (Å²) < 4.78 is 10.8. The summed E-state index contributed by atoms with van der Waals surface area (Å²) >= 11 is 0. The molecule has 0 saturated heterocycles. The number of fused-ring (bicyclic) bond motifs is 1. The lowest BCUT2D eigenvalue weighted by Crippen LogP contribution is -2.35. The Labute approximate surface area is 194 Å². The number of ether oxygens (including phenoxy) is 2. The molecule has 0 bridgehead atoms. The summed E-state index contributed by atoms with van der Waals surface area (Å²) in [5, 5.41) is 11.1. The molecule has 1 aliphatic heterocycles. The highest BCUT2D eigenvalue weighted by molar-refractivity contribution is 5.80. The average Bonchev–Trinajstić information content (AvgIpc) is 2.95. The standard InChI is InChI=1S/C24H32N4O5/c1-26(11-7-17-5-6-20(25)21(13-17)28(30)31)9-4-10-27-12-8-18-14-22(32-2)23(33-3)15-19(18)16-24(27)29/h5-6,13-15H,4,7-12,16,25H2,1-3H3. The zero-order valence-electron chi connectivity index (χ0n) is 19.5. The van der Waals surface area contributed by atoms with Gasteiger partial charge in [-0.05, 0) is 67.7 Å². The number of nitro groups is 1. The normalized spacial score (nSPS) is 13.6. The van der Waals surface area contributed by atoms with Crippen LogP contribution in [0.5, 0.6) is 11.5 Å². The van der Waals surface area contributed by atoms with E-state index in [1.54, 1.807) is 26.4 Å². The van der Waals surface area contributed by atoms with Crippen molar-refractivity contribution in [3.8, 4) is 11.5 Å². The largest absolute Gasteiger partial charge is 0.493 e. The van der Waals surface area contributed by atoms with Crippen LogP contribution < -0.4 is 15.2 Å². The predicted octanol–water partition coefficient (Wildman–Crippen LogP) is 2.69. The molecule has 2 N–H and O–H groups in total. The van der Waals surface area contributed by atoms with Crippen molar-refractivity contribution in [3.05, 3.63) is 57.1 Å². The smallest absolute Gasteiger partial charge is 0.292 e. The number of benzene rings is 2. The third-order valence-corrected chi connectivity index (χ3v) is 6.09. The van der Waals surface area contributed by atoms with Crippen LogP contribution in [0.2, 0.25) is 0 Å². The first-order valence-electron chi connectivity index (χ1n) is 11.0. The number of methoxy groups -OCH3 is 2. The van der Waals surface area contributed by atoms with Gasteiger partial charge in [-0.25, -0.2) is 0 Å². The Morgan fingerprint density at radius 1 is 1.12 bits per heavy atom. The van der Waals surface area contributed by atoms with E-state index in [1.807, 2.05) is 30.1 Å². The molecular formula is C24H32N4O5. The fraction of sp³-hybridized carbons (Fsp3) is 0.458. The predicted molar refractivity (Wildman–Crippen MR) is 127 cm³/mol. The summed E-state index contributed by atoms with van der Waals surface area (Å²) in [5.74, 6) is 1.45. The zero-order chi connectivity index (χ0) is 24.0. The number of likely N-dealkylation sites (N-methyl/N-ethyl adjacent to an activating group) is 1. The van der Waals surface area contributed by atoms with Crippen molar-refractivity contribution in [1.82, 2.24) is 9.80 Å². The molecule has 1 amide bonds. The van der Waals surface area contributed by atoms with Crippen LogP contribution in [0.1, 0.15) is 23.1 Å². The molecule has 0 radical (unpaired) electrons. The van der Waals surface area contributed by atoms with Crippen molar-refractivity contribution in [2.45, 2.75) is 25.7 Å². The second-order valence-electron chi connectivity index (χ2n) is 8.34. The van der Waals surface area contributed by atoms with Gasteiger partial charge in [-0.3, -0.25) is 14.9 Å². The lowest BCUT2D eigenvalue weighted by Gasteiger charge is -2.23. The maximum absolute atomic E-state index is 12.8. The molecule has 0 aromatic heterocycles. The number of anilines is 1. The first-order valence-corrected chi connectivity index (χ1v) is 11.0. The Balaban J connectivity index is 1.49. The van der Waals surface area contributed by atoms with Gasteiger partial charge in [0.2, 0.25) is 5.91 Å². The van der Waals surface area contributed by atoms with Crippen molar-refractivity contribution in [3.63, 3.8) is 0 Å². The van der Waals surface area contributed by atoms with E-state index < -0.39 is 4.92 Å². The summed E-state index contributed by atoms with van der Waals surface area (Å²) in [7, 11) is 5.23. The van der Waals surface area contributed by atoms with Gasteiger partial charge in [-0.1, -0.05) is 6.07 Å². The van der Waals surface area contributed by atoms with Gasteiger partial charge in [0.05, 0.1) is 25.6 Å². The molecule has 1 aliphatic rings. The molecule has 0 unspecified atom stereocenters. The lowest BCUT2D eigenvalue weighted by molar-refractivity contribution is -0.384. The molecule has 1 heterocycles. The second kappa shape index (κ2) is 11.0. The van der Waals surface area contributed by atoms with Gasteiger partial charge < -0.3 is 25.0 Å². The van der Waals surface area contributed by atoms with E-state index in [4.69, 9.17) is 15.2 Å². The second-order valence-corrected chi connectivity index (χ2v) is 8.34. The molecule has 0 spiro atoms. The summed E-state index contributed by atoms with van der Waals surface area (Å²) in [6.45, 7) is 2.97. The van der Waals surface area contributed by atoms with Gasteiger partial charge in [-0.15, -0.1) is 0 Å². The number of nitrogens with zero attached hydrogens (tertiary/aromatic N) is 3. The third kappa shape index (κ3) is 6.13. The minimum Gasteiger partial charge on any atom is -0.493 e. The minimum absolute atomic E-state index is 0.0499. The number of nitrogens with two attached hydrogens (primary N) is 1. The highest BCUT2D eigenvalue weighted by atomic mass is 16.6. The number of rotatable bonds is 10. The van der Waals surface area contributed by atoms with Crippen LogP contribution in [-0.4, -0.2) is 68.1 Å². The van der Waals surface area contributed by atoms with Gasteiger partial charge >= 0.3 is 0 Å². The Hall–Kier alpha value is -3.33. The van der Waals surface area contributed by atoms with E-state index in [0.717, 1.165) is 42.6 Å². The van der Waals surface area contributed by atoms with Crippen LogP contribution in [-0.2, 0) is 24.1 Å². The molecule has 2 aromatic rings. The fourth-order valence-electron chi connectivity index (χ4n) is 4.12. The van der Waals surface area contributed by atoms with Crippen LogP contribution in [0.15, 0.2) is 30.3 Å². The molecule has 0 fully saturated rings. The molecule has 9 heteroatoms. The number of carbonyl (C=O) groups is 1. The highest BCUT2D eigenvalue weighted by Gasteiger charge is 2.22. The Kier molecular flexibility index (Phi) is 8.11. The van der Waals surface area contributed by atoms with Crippen molar-refractivity contribution in [2.75, 3.05) is 53.2 Å². The molecule has 0 aliphatic carbocycles. The van der Waals surface area contributed by atoms with Crippen LogP contribution in [0.3, 0.4) is 0 Å². The number of carbonyl (C=O) groups excluding carboxylic acids is 1. The first-order chi connectivity index (χ1) is 15.8. The first kappa shape index (κ1) is 24.3. The SMILES string of the molecule is COc1cc2c(cc1OC)CC(=O)N(CCCN(C)CCc1ccc(N)c([N+](=O)[O-])c1)CC2. The van der Waals surface area contributed by atoms with Crippen LogP contribution in [0.25, 0.3) is 0 Å². The lowest BCUT2D eigenvalue weighted by atomic mass is 10.0. The van der Waals surface area contributed by atoms with E-state index in [0.29, 0.717) is 37.4 Å².